The van der Waals surface area contributed by atoms with Crippen LogP contribution in [-0.2, 0) is 0 Å². The average Bonchev–Trinajstić information content (AvgIpc) is 2.55. The summed E-state index contributed by atoms with van der Waals surface area (Å²) < 4.78 is 1.35. The van der Waals surface area contributed by atoms with Crippen molar-refractivity contribution in [2.45, 2.75) is 0 Å². The van der Waals surface area contributed by atoms with Crippen LogP contribution in [0.5, 0.6) is 0 Å². The van der Waals surface area contributed by atoms with Gasteiger partial charge in [0.15, 0.2) is 0 Å². The van der Waals surface area contributed by atoms with Crippen molar-refractivity contribution in [3.05, 3.63) is 57.4 Å². The minimum atomic E-state index is -0.891. The van der Waals surface area contributed by atoms with Crippen LogP contribution >= 0.6 is 0 Å². The Bertz CT molecular complexity index is 816. The van der Waals surface area contributed by atoms with E-state index in [9.17, 15) is 14.4 Å². The number of rotatable bonds is 2. The summed E-state index contributed by atoms with van der Waals surface area (Å²) in [6.07, 6.45) is 0.541. The Morgan fingerprint density at radius 1 is 0.957 bits per heavy atom. The third-order valence-electron chi connectivity index (χ3n) is 3.87. The van der Waals surface area contributed by atoms with E-state index in [1.165, 1.54) is 21.7 Å². The predicted octanol–water partition coefficient (Wildman–Crippen LogP) is 0.326. The van der Waals surface area contributed by atoms with Crippen molar-refractivity contribution >= 4 is 11.8 Å². The molecule has 0 radical (unpaired) electrons. The Morgan fingerprint density at radius 3 is 2.13 bits per heavy atom. The number of nitrogens with zero attached hydrogens (tertiary/aromatic N) is 3. The first-order valence-electron chi connectivity index (χ1n) is 7.20. The Hall–Kier alpha value is -3.03. The fraction of sp³-hybridized carbons (Fsp3) is 0.267. The SMILES string of the molecule is O=C(O)N1CCN(c2ccc(-n3ccc(=O)[nH]c3=O)cc2)CC1. The zero-order chi connectivity index (χ0) is 16.4. The van der Waals surface area contributed by atoms with E-state index in [1.54, 1.807) is 12.1 Å². The number of hydrogen-bond acceptors (Lipinski definition) is 4. The van der Waals surface area contributed by atoms with Gasteiger partial charge in [0.2, 0.25) is 0 Å². The molecular formula is C15H16N4O4. The van der Waals surface area contributed by atoms with E-state index >= 15 is 0 Å². The van der Waals surface area contributed by atoms with Gasteiger partial charge in [-0.2, -0.15) is 0 Å². The second-order valence-electron chi connectivity index (χ2n) is 5.25. The number of nitrogens with one attached hydrogen (secondary N) is 1. The van der Waals surface area contributed by atoms with Crippen LogP contribution in [0.15, 0.2) is 46.1 Å². The van der Waals surface area contributed by atoms with Crippen molar-refractivity contribution in [1.29, 1.82) is 0 Å². The maximum atomic E-state index is 11.8. The van der Waals surface area contributed by atoms with Gasteiger partial charge < -0.3 is 14.9 Å². The lowest BCUT2D eigenvalue weighted by Gasteiger charge is -2.34. The molecule has 1 aromatic heterocycles. The lowest BCUT2D eigenvalue weighted by Crippen LogP contribution is -2.48. The van der Waals surface area contributed by atoms with Gasteiger partial charge in [0.1, 0.15) is 0 Å². The second kappa shape index (κ2) is 5.99. The maximum Gasteiger partial charge on any atom is 0.407 e. The molecule has 8 heteroatoms. The van der Waals surface area contributed by atoms with Gasteiger partial charge in [-0.1, -0.05) is 0 Å². The molecule has 1 fully saturated rings. The molecule has 0 atom stereocenters. The minimum absolute atomic E-state index is 0.431. The third kappa shape index (κ3) is 3.10. The van der Waals surface area contributed by atoms with E-state index in [0.29, 0.717) is 31.9 Å². The van der Waals surface area contributed by atoms with Crippen LogP contribution in [-0.4, -0.2) is 51.8 Å². The number of aromatic nitrogens is 2. The predicted molar refractivity (Wildman–Crippen MR) is 84.5 cm³/mol. The fourth-order valence-electron chi connectivity index (χ4n) is 2.60. The molecule has 0 bridgehead atoms. The number of anilines is 1. The van der Waals surface area contributed by atoms with Crippen LogP contribution in [0.3, 0.4) is 0 Å². The van der Waals surface area contributed by atoms with Gasteiger partial charge in [-0.25, -0.2) is 9.59 Å². The van der Waals surface area contributed by atoms with Crippen molar-refractivity contribution in [2.24, 2.45) is 0 Å². The molecule has 0 saturated carbocycles. The lowest BCUT2D eigenvalue weighted by atomic mass is 10.2. The average molecular weight is 316 g/mol. The van der Waals surface area contributed by atoms with Crippen LogP contribution in [0.2, 0.25) is 0 Å². The van der Waals surface area contributed by atoms with E-state index in [0.717, 1.165) is 5.69 Å². The molecule has 1 aromatic carbocycles. The van der Waals surface area contributed by atoms with Crippen molar-refractivity contribution in [3.63, 3.8) is 0 Å². The van der Waals surface area contributed by atoms with Gasteiger partial charge in [0, 0.05) is 44.1 Å². The van der Waals surface area contributed by atoms with E-state index in [1.807, 2.05) is 12.1 Å². The molecule has 2 aromatic rings. The van der Waals surface area contributed by atoms with E-state index < -0.39 is 17.3 Å². The second-order valence-corrected chi connectivity index (χ2v) is 5.25. The number of aromatic amines is 1. The fourth-order valence-corrected chi connectivity index (χ4v) is 2.60. The molecule has 8 nitrogen and oxygen atoms in total. The summed E-state index contributed by atoms with van der Waals surface area (Å²) in [5.74, 6) is 0. The number of piperazine rings is 1. The first-order valence-corrected chi connectivity index (χ1v) is 7.20. The Labute approximate surface area is 131 Å². The third-order valence-corrected chi connectivity index (χ3v) is 3.87. The zero-order valence-corrected chi connectivity index (χ0v) is 12.3. The molecule has 1 amide bonds. The van der Waals surface area contributed by atoms with Crippen molar-refractivity contribution in [2.75, 3.05) is 31.1 Å². The van der Waals surface area contributed by atoms with Gasteiger partial charge in [-0.3, -0.25) is 14.3 Å². The first-order chi connectivity index (χ1) is 11.0. The molecule has 0 unspecified atom stereocenters. The molecule has 120 valence electrons. The van der Waals surface area contributed by atoms with Gasteiger partial charge in [-0.05, 0) is 24.3 Å². The molecule has 1 aliphatic rings. The summed E-state index contributed by atoms with van der Waals surface area (Å²) in [7, 11) is 0. The molecular weight excluding hydrogens is 300 g/mol. The number of benzene rings is 1. The normalized spacial score (nSPS) is 14.8. The summed E-state index contributed by atoms with van der Waals surface area (Å²) in [4.78, 5) is 39.5. The highest BCUT2D eigenvalue weighted by Crippen LogP contribution is 2.18. The summed E-state index contributed by atoms with van der Waals surface area (Å²) in [5, 5.41) is 8.95. The van der Waals surface area contributed by atoms with Crippen molar-refractivity contribution in [3.8, 4) is 5.69 Å². The van der Waals surface area contributed by atoms with E-state index in [4.69, 9.17) is 5.11 Å². The molecule has 0 aliphatic carbocycles. The highest BCUT2D eigenvalue weighted by atomic mass is 16.4. The van der Waals surface area contributed by atoms with Crippen LogP contribution in [0.1, 0.15) is 0 Å². The van der Waals surface area contributed by atoms with Crippen LogP contribution in [0.25, 0.3) is 5.69 Å². The van der Waals surface area contributed by atoms with Crippen molar-refractivity contribution in [1.82, 2.24) is 14.5 Å². The van der Waals surface area contributed by atoms with Crippen LogP contribution in [0, 0.1) is 0 Å². The topological polar surface area (TPSA) is 98.6 Å². The Morgan fingerprint density at radius 2 is 1.57 bits per heavy atom. The lowest BCUT2D eigenvalue weighted by molar-refractivity contribution is 0.142. The molecule has 2 N–H and O–H groups in total. The molecule has 1 saturated heterocycles. The molecule has 23 heavy (non-hydrogen) atoms. The molecule has 0 spiro atoms. The van der Waals surface area contributed by atoms with Gasteiger partial charge in [0.25, 0.3) is 5.56 Å². The zero-order valence-electron chi connectivity index (χ0n) is 12.3. The largest absolute Gasteiger partial charge is 0.465 e. The van der Waals surface area contributed by atoms with Gasteiger partial charge in [0.05, 0.1) is 5.69 Å². The Balaban J connectivity index is 1.76. The molecule has 2 heterocycles. The highest BCUT2D eigenvalue weighted by Gasteiger charge is 2.20. The van der Waals surface area contributed by atoms with E-state index in [-0.39, 0.29) is 0 Å². The molecule has 3 rings (SSSR count). The number of carbonyl (C=O) groups is 1. The summed E-state index contributed by atoms with van der Waals surface area (Å²) in [5.41, 5.74) is 0.704. The quantitative estimate of drug-likeness (QED) is 0.832. The van der Waals surface area contributed by atoms with Crippen LogP contribution in [0.4, 0.5) is 10.5 Å². The maximum absolute atomic E-state index is 11.8. The summed E-state index contributed by atoms with van der Waals surface area (Å²) in [6, 6.07) is 8.63. The van der Waals surface area contributed by atoms with Gasteiger partial charge in [-0.15, -0.1) is 0 Å². The number of amides is 1. The summed E-state index contributed by atoms with van der Waals surface area (Å²) in [6.45, 7) is 2.20. The minimum Gasteiger partial charge on any atom is -0.465 e. The van der Waals surface area contributed by atoms with E-state index in [2.05, 4.69) is 9.88 Å². The molecule has 1 aliphatic heterocycles. The van der Waals surface area contributed by atoms with Crippen molar-refractivity contribution < 1.29 is 9.90 Å². The number of carboxylic acid groups (broad SMARTS) is 1. The highest BCUT2D eigenvalue weighted by molar-refractivity contribution is 5.65. The van der Waals surface area contributed by atoms with Gasteiger partial charge >= 0.3 is 11.8 Å². The monoisotopic (exact) mass is 316 g/mol. The Kier molecular flexibility index (Phi) is 3.88. The first kappa shape index (κ1) is 14.9. The standard InChI is InChI=1S/C15H16N4O4/c20-13-5-6-19(14(21)16-13)12-3-1-11(2-4-12)17-7-9-18(10-8-17)15(22)23/h1-6H,7-10H2,(H,22,23)(H,16,20,21). The summed E-state index contributed by atoms with van der Waals surface area (Å²) >= 11 is 0. The number of H-pyrrole nitrogens is 1. The number of hydrogen-bond donors (Lipinski definition) is 2. The van der Waals surface area contributed by atoms with Crippen LogP contribution < -0.4 is 16.1 Å². The smallest absolute Gasteiger partial charge is 0.407 e.